The molecule has 0 fully saturated rings. The molecule has 21 heteroatoms. The number of nitrogens with one attached hydrogen (secondary N) is 1. The summed E-state index contributed by atoms with van der Waals surface area (Å²) in [7, 11) is -8.35. The lowest BCUT2D eigenvalue weighted by molar-refractivity contribution is -0.114. The molecule has 53 heavy (non-hydrogen) atoms. The van der Waals surface area contributed by atoms with Crippen molar-refractivity contribution < 1.29 is 30.7 Å². The van der Waals surface area contributed by atoms with Crippen molar-refractivity contribution >= 4 is 107 Å². The van der Waals surface area contributed by atoms with E-state index in [-0.39, 0.29) is 72.1 Å². The molecule has 0 spiro atoms. The van der Waals surface area contributed by atoms with Gasteiger partial charge in [-0.2, -0.15) is 27.2 Å². The number of amides is 1. The molecule has 0 radical (unpaired) electrons. The Morgan fingerprint density at radius 2 is 1.40 bits per heavy atom. The molecule has 0 aliphatic rings. The van der Waals surface area contributed by atoms with Crippen LogP contribution in [0.3, 0.4) is 0 Å². The number of nitrogens with zero attached hydrogens (tertiary/aromatic N) is 6. The summed E-state index contributed by atoms with van der Waals surface area (Å²) < 4.78 is 64.4. The number of unbranched alkanes of at least 4 members (excludes halogenated alkanes) is 2. The predicted molar refractivity (Wildman–Crippen MR) is 207 cm³/mol. The van der Waals surface area contributed by atoms with Gasteiger partial charge in [-0.15, -0.1) is 10.2 Å². The van der Waals surface area contributed by atoms with Gasteiger partial charge in [-0.1, -0.05) is 88.3 Å². The Kier molecular flexibility index (Phi) is 14.5. The number of benzene rings is 3. The van der Waals surface area contributed by atoms with E-state index in [0.717, 1.165) is 4.68 Å². The van der Waals surface area contributed by atoms with Crippen molar-refractivity contribution in [3.63, 3.8) is 0 Å². The van der Waals surface area contributed by atoms with E-state index < -0.39 is 37.6 Å². The molecule has 0 bridgehead atoms. The van der Waals surface area contributed by atoms with Gasteiger partial charge in [0.15, 0.2) is 5.82 Å². The standard InChI is InChI=1S/C32H30Cl5N7O7S2/c1-19(45)39-24-17-21(43(13-5-7-15-52(46,47)48)14-6-8-16-53(49,50)51)11-12-23(24)40-41-32-22(18-38)30(20-9-3-2-4-10-20)42-44(32)31-28(36)26(34)25(33)27(35)29(31)37/h2-4,9-12,17H,5-8,13-16H2,1H3,(H,39,45)(H,46,47,48)(H,49,50,51). The van der Waals surface area contributed by atoms with Gasteiger partial charge in [0.2, 0.25) is 5.91 Å². The van der Waals surface area contributed by atoms with Crippen LogP contribution in [0.15, 0.2) is 58.8 Å². The number of hydrogen-bond acceptors (Lipinski definition) is 10. The predicted octanol–water partition coefficient (Wildman–Crippen LogP) is 9.19. The van der Waals surface area contributed by atoms with E-state index in [1.54, 1.807) is 42.5 Å². The van der Waals surface area contributed by atoms with Crippen LogP contribution in [0.25, 0.3) is 16.9 Å². The first-order valence-corrected chi connectivity index (χ1v) is 20.6. The molecule has 14 nitrogen and oxygen atoms in total. The maximum atomic E-state index is 12.3. The van der Waals surface area contributed by atoms with Crippen LogP contribution in [0.4, 0.5) is 22.9 Å². The largest absolute Gasteiger partial charge is 0.371 e. The van der Waals surface area contributed by atoms with E-state index in [1.165, 1.54) is 13.0 Å². The normalized spacial score (nSPS) is 11.9. The van der Waals surface area contributed by atoms with Crippen LogP contribution in [0.1, 0.15) is 38.2 Å². The van der Waals surface area contributed by atoms with Crippen LogP contribution >= 0.6 is 58.0 Å². The fourth-order valence-electron chi connectivity index (χ4n) is 5.08. The van der Waals surface area contributed by atoms with Gasteiger partial charge in [-0.25, -0.2) is 4.68 Å². The molecule has 1 heterocycles. The molecule has 0 unspecified atom stereocenters. The zero-order valence-electron chi connectivity index (χ0n) is 27.6. The maximum absolute atomic E-state index is 12.3. The smallest absolute Gasteiger partial charge is 0.264 e. The molecular weight excluding hydrogens is 836 g/mol. The van der Waals surface area contributed by atoms with Gasteiger partial charge in [0, 0.05) is 31.3 Å². The number of hydrogen-bond donors (Lipinski definition) is 3. The van der Waals surface area contributed by atoms with Crippen molar-refractivity contribution in [2.75, 3.05) is 34.8 Å². The Morgan fingerprint density at radius 3 is 1.91 bits per heavy atom. The lowest BCUT2D eigenvalue weighted by atomic mass is 10.1. The average Bonchev–Trinajstić information content (AvgIpc) is 3.45. The summed E-state index contributed by atoms with van der Waals surface area (Å²) in [6.45, 7) is 1.87. The molecule has 1 aromatic heterocycles. The van der Waals surface area contributed by atoms with E-state index in [9.17, 15) is 26.9 Å². The van der Waals surface area contributed by atoms with E-state index in [1.807, 2.05) is 4.90 Å². The summed E-state index contributed by atoms with van der Waals surface area (Å²) in [4.78, 5) is 14.1. The van der Waals surface area contributed by atoms with Gasteiger partial charge >= 0.3 is 0 Å². The summed E-state index contributed by atoms with van der Waals surface area (Å²) in [6, 6.07) is 15.6. The van der Waals surface area contributed by atoms with Gasteiger partial charge in [0.25, 0.3) is 20.2 Å². The maximum Gasteiger partial charge on any atom is 0.264 e. The van der Waals surface area contributed by atoms with Crippen LogP contribution in [-0.4, -0.2) is 66.2 Å². The minimum absolute atomic E-state index is 0.0204. The molecule has 4 aromatic rings. The molecule has 0 aliphatic carbocycles. The van der Waals surface area contributed by atoms with Crippen molar-refractivity contribution in [1.82, 2.24) is 9.78 Å². The third-order valence-electron chi connectivity index (χ3n) is 7.49. The number of nitriles is 1. The van der Waals surface area contributed by atoms with E-state index in [2.05, 4.69) is 26.7 Å². The highest BCUT2D eigenvalue weighted by Gasteiger charge is 2.27. The average molecular weight is 866 g/mol. The number of carbonyl (C=O) groups excluding carboxylic acids is 1. The molecule has 0 atom stereocenters. The van der Waals surface area contributed by atoms with Crippen molar-refractivity contribution in [2.24, 2.45) is 10.2 Å². The Morgan fingerprint density at radius 1 is 0.849 bits per heavy atom. The highest BCUT2D eigenvalue weighted by molar-refractivity contribution is 7.86. The first-order valence-electron chi connectivity index (χ1n) is 15.5. The van der Waals surface area contributed by atoms with Crippen molar-refractivity contribution in [3.05, 3.63) is 79.2 Å². The van der Waals surface area contributed by atoms with Crippen molar-refractivity contribution in [2.45, 2.75) is 32.6 Å². The number of rotatable bonds is 16. The quantitative estimate of drug-likeness (QED) is 0.0320. The Hall–Kier alpha value is -3.50. The second kappa shape index (κ2) is 18.2. The van der Waals surface area contributed by atoms with Crippen LogP contribution in [0.5, 0.6) is 0 Å². The van der Waals surface area contributed by atoms with Gasteiger partial charge < -0.3 is 10.2 Å². The van der Waals surface area contributed by atoms with Gasteiger partial charge in [0.1, 0.15) is 28.7 Å². The first-order chi connectivity index (χ1) is 24.9. The molecule has 1 amide bonds. The number of aromatic nitrogens is 2. The third kappa shape index (κ3) is 11.3. The van der Waals surface area contributed by atoms with Crippen LogP contribution in [-0.2, 0) is 25.0 Å². The summed E-state index contributed by atoms with van der Waals surface area (Å²) in [5, 5.41) is 25.8. The van der Waals surface area contributed by atoms with Crippen molar-refractivity contribution in [1.29, 1.82) is 5.26 Å². The molecule has 0 aliphatic heterocycles. The number of halogens is 5. The Labute approximate surface area is 330 Å². The summed E-state index contributed by atoms with van der Waals surface area (Å²) >= 11 is 32.2. The van der Waals surface area contributed by atoms with Gasteiger partial charge in [0.05, 0.1) is 42.3 Å². The highest BCUT2D eigenvalue weighted by Crippen LogP contribution is 2.47. The zero-order chi connectivity index (χ0) is 39.1. The van der Waals surface area contributed by atoms with Crippen LogP contribution in [0, 0.1) is 11.3 Å². The van der Waals surface area contributed by atoms with E-state index >= 15 is 0 Å². The number of anilines is 2. The van der Waals surface area contributed by atoms with E-state index in [0.29, 0.717) is 37.2 Å². The highest BCUT2D eigenvalue weighted by atomic mass is 35.5. The second-order valence-corrected chi connectivity index (χ2v) is 16.4. The second-order valence-electron chi connectivity index (χ2n) is 11.4. The monoisotopic (exact) mass is 863 g/mol. The van der Waals surface area contributed by atoms with Crippen LogP contribution in [0.2, 0.25) is 25.1 Å². The lowest BCUT2D eigenvalue weighted by Gasteiger charge is -2.26. The SMILES string of the molecule is CC(=O)Nc1cc(N(CCCCS(=O)(=O)O)CCCCS(=O)(=O)O)ccc1N=Nc1c(C#N)c(-c2ccccc2)nn1-c1c(Cl)c(Cl)c(Cl)c(Cl)c1Cl. The fraction of sp³-hybridized carbons (Fsp3) is 0.281. The fourth-order valence-corrected chi connectivity index (χ4v) is 7.51. The molecular formula is C32H30Cl5N7O7S2. The molecule has 4 rings (SSSR count). The number of carbonyl (C=O) groups is 1. The Bertz CT molecular complexity index is 2230. The van der Waals surface area contributed by atoms with Gasteiger partial charge in [-0.3, -0.25) is 13.9 Å². The summed E-state index contributed by atoms with van der Waals surface area (Å²) in [5.41, 5.74) is 1.58. The molecule has 3 aromatic carbocycles. The van der Waals surface area contributed by atoms with Crippen LogP contribution < -0.4 is 10.2 Å². The number of azo groups is 1. The van der Waals surface area contributed by atoms with Crippen molar-refractivity contribution in [3.8, 4) is 23.0 Å². The molecule has 0 saturated heterocycles. The topological polar surface area (TPSA) is 207 Å². The third-order valence-corrected chi connectivity index (χ3v) is 11.4. The summed E-state index contributed by atoms with van der Waals surface area (Å²) in [5.74, 6) is -1.47. The lowest BCUT2D eigenvalue weighted by Crippen LogP contribution is -2.26. The zero-order valence-corrected chi connectivity index (χ0v) is 33.0. The first kappa shape index (κ1) is 42.2. The Balaban J connectivity index is 1.82. The molecule has 282 valence electrons. The minimum atomic E-state index is -4.17. The van der Waals surface area contributed by atoms with E-state index in [4.69, 9.17) is 67.1 Å². The molecule has 3 N–H and O–H groups in total. The minimum Gasteiger partial charge on any atom is -0.371 e. The van der Waals surface area contributed by atoms with Gasteiger partial charge in [-0.05, 0) is 43.9 Å². The summed E-state index contributed by atoms with van der Waals surface area (Å²) in [6.07, 6.45) is 0.958. The molecule has 0 saturated carbocycles.